The Labute approximate surface area is 165 Å². The average Bonchev–Trinajstić information content (AvgIpc) is 3.21. The molecule has 0 amide bonds. The lowest BCUT2D eigenvalue weighted by Gasteiger charge is -2.13. The molecule has 0 saturated heterocycles. The predicted molar refractivity (Wildman–Crippen MR) is 106 cm³/mol. The van der Waals surface area contributed by atoms with E-state index in [1.807, 2.05) is 24.3 Å². The maximum Gasteiger partial charge on any atom is 0.178 e. The standard InChI is InChI=1S/C19H17N9O/c1-29-16-5-13(4-14(6-16)27-11-21-10-23-27)25-18-7-17(24-12-2-3-12)19-22-9-15(8-20)28(19)26-18/h4-7,9-12,24H,2-3H2,1H3,(H,25,26). The fourth-order valence-corrected chi connectivity index (χ4v) is 3.05. The number of ether oxygens (including phenoxy) is 1. The van der Waals surface area contributed by atoms with Crippen molar-refractivity contribution in [2.45, 2.75) is 18.9 Å². The van der Waals surface area contributed by atoms with Gasteiger partial charge in [-0.25, -0.2) is 14.6 Å². The van der Waals surface area contributed by atoms with Crippen LogP contribution in [0.2, 0.25) is 0 Å². The second kappa shape index (κ2) is 6.79. The van der Waals surface area contributed by atoms with Crippen LogP contribution in [0.15, 0.2) is 43.1 Å². The number of methoxy groups -OCH3 is 1. The fraction of sp³-hybridized carbons (Fsp3) is 0.211. The Morgan fingerprint density at radius 2 is 2.14 bits per heavy atom. The third-order valence-electron chi connectivity index (χ3n) is 4.60. The van der Waals surface area contributed by atoms with Gasteiger partial charge in [-0.3, -0.25) is 0 Å². The summed E-state index contributed by atoms with van der Waals surface area (Å²) in [5, 5.41) is 24.8. The van der Waals surface area contributed by atoms with Crippen LogP contribution in [-0.4, -0.2) is 42.5 Å². The number of fused-ring (bicyclic) bond motifs is 1. The Hall–Kier alpha value is -4.13. The van der Waals surface area contributed by atoms with Crippen LogP contribution in [0.1, 0.15) is 18.5 Å². The molecule has 144 valence electrons. The number of hydrogen-bond donors (Lipinski definition) is 2. The number of nitrogens with one attached hydrogen (secondary N) is 2. The molecule has 0 bridgehead atoms. The zero-order valence-corrected chi connectivity index (χ0v) is 15.6. The van der Waals surface area contributed by atoms with Crippen molar-refractivity contribution >= 4 is 22.8 Å². The maximum atomic E-state index is 9.38. The van der Waals surface area contributed by atoms with Crippen LogP contribution in [0.5, 0.6) is 5.75 Å². The number of anilines is 3. The summed E-state index contributed by atoms with van der Waals surface area (Å²) in [4.78, 5) is 8.33. The Kier molecular flexibility index (Phi) is 3.98. The van der Waals surface area contributed by atoms with E-state index >= 15 is 0 Å². The van der Waals surface area contributed by atoms with Gasteiger partial charge in [-0.15, -0.1) is 5.10 Å². The molecule has 10 heteroatoms. The molecule has 0 unspecified atom stereocenters. The van der Waals surface area contributed by atoms with Gasteiger partial charge in [0.05, 0.1) is 24.7 Å². The van der Waals surface area contributed by atoms with E-state index in [-0.39, 0.29) is 0 Å². The van der Waals surface area contributed by atoms with Crippen LogP contribution >= 0.6 is 0 Å². The van der Waals surface area contributed by atoms with Crippen molar-refractivity contribution in [2.75, 3.05) is 17.7 Å². The molecular weight excluding hydrogens is 370 g/mol. The number of nitriles is 1. The van der Waals surface area contributed by atoms with Crippen LogP contribution in [0.25, 0.3) is 11.3 Å². The number of nitrogens with zero attached hydrogens (tertiary/aromatic N) is 7. The minimum Gasteiger partial charge on any atom is -0.497 e. The van der Waals surface area contributed by atoms with E-state index < -0.39 is 0 Å². The van der Waals surface area contributed by atoms with Crippen molar-refractivity contribution in [3.8, 4) is 17.5 Å². The monoisotopic (exact) mass is 387 g/mol. The Bertz CT molecular complexity index is 1220. The molecule has 10 nitrogen and oxygen atoms in total. The molecule has 3 heterocycles. The lowest BCUT2D eigenvalue weighted by atomic mass is 10.2. The van der Waals surface area contributed by atoms with Crippen molar-refractivity contribution in [2.24, 2.45) is 0 Å². The van der Waals surface area contributed by atoms with Gasteiger partial charge in [-0.2, -0.15) is 14.9 Å². The molecule has 29 heavy (non-hydrogen) atoms. The summed E-state index contributed by atoms with van der Waals surface area (Å²) in [5.41, 5.74) is 3.40. The largest absolute Gasteiger partial charge is 0.497 e. The first kappa shape index (κ1) is 17.0. The van der Waals surface area contributed by atoms with Crippen LogP contribution in [0, 0.1) is 11.3 Å². The minimum absolute atomic E-state index is 0.372. The highest BCUT2D eigenvalue weighted by molar-refractivity contribution is 5.74. The maximum absolute atomic E-state index is 9.38. The van der Waals surface area contributed by atoms with E-state index in [2.05, 4.69) is 36.9 Å². The summed E-state index contributed by atoms with van der Waals surface area (Å²) in [7, 11) is 1.61. The van der Waals surface area contributed by atoms with Crippen molar-refractivity contribution in [3.05, 3.63) is 48.8 Å². The highest BCUT2D eigenvalue weighted by Gasteiger charge is 2.23. The van der Waals surface area contributed by atoms with E-state index in [1.54, 1.807) is 22.6 Å². The van der Waals surface area contributed by atoms with Crippen LogP contribution in [0.3, 0.4) is 0 Å². The van der Waals surface area contributed by atoms with Crippen LogP contribution in [0.4, 0.5) is 17.2 Å². The van der Waals surface area contributed by atoms with Crippen LogP contribution in [-0.2, 0) is 0 Å². The van der Waals surface area contributed by atoms with E-state index in [0.29, 0.717) is 29.0 Å². The van der Waals surface area contributed by atoms with Gasteiger partial charge in [0.25, 0.3) is 0 Å². The third-order valence-corrected chi connectivity index (χ3v) is 4.60. The Balaban J connectivity index is 1.56. The molecule has 1 fully saturated rings. The molecule has 1 aliphatic carbocycles. The number of benzene rings is 1. The van der Waals surface area contributed by atoms with Gasteiger partial charge in [0.1, 0.15) is 24.5 Å². The van der Waals surface area contributed by atoms with E-state index in [9.17, 15) is 5.26 Å². The van der Waals surface area contributed by atoms with Gasteiger partial charge < -0.3 is 15.4 Å². The summed E-state index contributed by atoms with van der Waals surface area (Å²) < 4.78 is 8.61. The number of aromatic nitrogens is 6. The first-order chi connectivity index (χ1) is 14.2. The molecule has 1 aromatic carbocycles. The first-order valence-corrected chi connectivity index (χ1v) is 9.10. The van der Waals surface area contributed by atoms with Crippen molar-refractivity contribution in [3.63, 3.8) is 0 Å². The minimum atomic E-state index is 0.372. The van der Waals surface area contributed by atoms with Gasteiger partial charge in [0.2, 0.25) is 0 Å². The summed E-state index contributed by atoms with van der Waals surface area (Å²) in [6.45, 7) is 0. The van der Waals surface area contributed by atoms with E-state index in [1.165, 1.54) is 12.5 Å². The Morgan fingerprint density at radius 3 is 2.86 bits per heavy atom. The van der Waals surface area contributed by atoms with E-state index in [4.69, 9.17) is 4.74 Å². The van der Waals surface area contributed by atoms with Gasteiger partial charge in [0, 0.05) is 29.9 Å². The number of hydrogen-bond acceptors (Lipinski definition) is 8. The molecule has 2 N–H and O–H groups in total. The van der Waals surface area contributed by atoms with E-state index in [0.717, 1.165) is 29.9 Å². The predicted octanol–water partition coefficient (Wildman–Crippen LogP) is 2.51. The molecule has 0 aliphatic heterocycles. The van der Waals surface area contributed by atoms with Crippen molar-refractivity contribution in [1.29, 1.82) is 5.26 Å². The third kappa shape index (κ3) is 3.29. The summed E-state index contributed by atoms with van der Waals surface area (Å²) in [6, 6.07) is 10.1. The van der Waals surface area contributed by atoms with Gasteiger partial charge in [-0.05, 0) is 18.9 Å². The van der Waals surface area contributed by atoms with Gasteiger partial charge in [-0.1, -0.05) is 0 Å². The highest BCUT2D eigenvalue weighted by atomic mass is 16.5. The summed E-state index contributed by atoms with van der Waals surface area (Å²) in [6.07, 6.45) is 6.87. The quantitative estimate of drug-likeness (QED) is 0.518. The lowest BCUT2D eigenvalue weighted by molar-refractivity contribution is 0.414. The molecular formula is C19H17N9O. The molecule has 0 spiro atoms. The number of imidazole rings is 1. The molecule has 4 aromatic rings. The van der Waals surface area contributed by atoms with Crippen LogP contribution < -0.4 is 15.4 Å². The number of rotatable bonds is 6. The fourth-order valence-electron chi connectivity index (χ4n) is 3.05. The topological polar surface area (TPSA) is 118 Å². The average molecular weight is 387 g/mol. The zero-order chi connectivity index (χ0) is 19.8. The van der Waals surface area contributed by atoms with Gasteiger partial charge >= 0.3 is 0 Å². The first-order valence-electron chi connectivity index (χ1n) is 9.10. The summed E-state index contributed by atoms with van der Waals surface area (Å²) in [5.74, 6) is 1.24. The molecule has 0 radical (unpaired) electrons. The lowest BCUT2D eigenvalue weighted by Crippen LogP contribution is -2.08. The SMILES string of the molecule is COc1cc(Nc2cc(NC3CC3)c3ncc(C#N)n3n2)cc(-n2cncn2)c1. The highest BCUT2D eigenvalue weighted by Crippen LogP contribution is 2.30. The normalized spacial score (nSPS) is 13.2. The second-order valence-corrected chi connectivity index (χ2v) is 6.74. The summed E-state index contributed by atoms with van der Waals surface area (Å²) >= 11 is 0. The molecule has 1 saturated carbocycles. The van der Waals surface area contributed by atoms with Crippen molar-refractivity contribution < 1.29 is 4.74 Å². The second-order valence-electron chi connectivity index (χ2n) is 6.74. The molecule has 3 aromatic heterocycles. The zero-order valence-electron chi connectivity index (χ0n) is 15.6. The molecule has 0 atom stereocenters. The molecule has 5 rings (SSSR count). The molecule has 1 aliphatic rings. The van der Waals surface area contributed by atoms with Crippen molar-refractivity contribution in [1.82, 2.24) is 29.4 Å². The smallest absolute Gasteiger partial charge is 0.178 e. The Morgan fingerprint density at radius 1 is 1.24 bits per heavy atom. The van der Waals surface area contributed by atoms with Gasteiger partial charge in [0.15, 0.2) is 17.2 Å².